The van der Waals surface area contributed by atoms with Crippen LogP contribution in [0.2, 0.25) is 10.0 Å². The number of carbonyl (C=O) groups excluding carboxylic acids is 1. The average Bonchev–Trinajstić information content (AvgIpc) is 3.65. The minimum atomic E-state index is -0.842. The first kappa shape index (κ1) is 29.1. The van der Waals surface area contributed by atoms with Crippen molar-refractivity contribution in [3.8, 4) is 5.69 Å². The number of anilines is 1. The molecule has 43 heavy (non-hydrogen) atoms. The second kappa shape index (κ2) is 11.6. The molecule has 2 aliphatic rings. The minimum Gasteiger partial charge on any atom is -0.445 e. The van der Waals surface area contributed by atoms with Crippen LogP contribution < -0.4 is 15.8 Å². The zero-order chi connectivity index (χ0) is 30.3. The standard InChI is InChI=1S/C32H28Cl2F2N4O3/c1-19-38-28(15-29(41)40(19)27-9-5-8-25(33)30(27)34)39-13-12-22-24(16-39)32(22,23-14-21(35)10-11-26(23)36)18-37-31(42)43-17-20-6-3-2-4-7-20/h2-11,14-15,22,24H,12-13,16-18H2,1H3,(H,37,42)/t22-,24+,32-/m1/s1. The molecule has 1 amide bonds. The molecule has 0 radical (unpaired) electrons. The Hall–Kier alpha value is -3.95. The van der Waals surface area contributed by atoms with Gasteiger partial charge >= 0.3 is 6.09 Å². The summed E-state index contributed by atoms with van der Waals surface area (Å²) in [5.41, 5.74) is 0.326. The number of hydrogen-bond acceptors (Lipinski definition) is 5. The number of aromatic nitrogens is 2. The van der Waals surface area contributed by atoms with E-state index in [9.17, 15) is 14.0 Å². The molecule has 3 aromatic carbocycles. The van der Waals surface area contributed by atoms with Gasteiger partial charge < -0.3 is 15.0 Å². The first-order chi connectivity index (χ1) is 20.7. The number of piperidine rings is 1. The predicted molar refractivity (Wildman–Crippen MR) is 161 cm³/mol. The second-order valence-corrected chi connectivity index (χ2v) is 11.7. The topological polar surface area (TPSA) is 76.5 Å². The SMILES string of the molecule is Cc1nc(N2CC[C@@H]3[C@H](C2)[C@@]3(CNC(=O)OCc2ccccc2)c2cc(F)ccc2F)cc(=O)n1-c1cccc(Cl)c1Cl. The van der Waals surface area contributed by atoms with Crippen LogP contribution in [0.5, 0.6) is 0 Å². The zero-order valence-corrected chi connectivity index (χ0v) is 24.7. The highest BCUT2D eigenvalue weighted by Gasteiger charge is 2.67. The number of fused-ring (bicyclic) bond motifs is 1. The molecule has 1 aromatic heterocycles. The second-order valence-electron chi connectivity index (χ2n) is 10.9. The third kappa shape index (κ3) is 5.47. The number of ether oxygens (including phenoxy) is 1. The van der Waals surface area contributed by atoms with Crippen molar-refractivity contribution in [3.63, 3.8) is 0 Å². The third-order valence-electron chi connectivity index (χ3n) is 8.56. The van der Waals surface area contributed by atoms with Crippen LogP contribution in [0.25, 0.3) is 5.69 Å². The zero-order valence-electron chi connectivity index (χ0n) is 23.2. The molecule has 6 rings (SSSR count). The number of nitrogens with zero attached hydrogens (tertiary/aromatic N) is 3. The summed E-state index contributed by atoms with van der Waals surface area (Å²) < 4.78 is 36.4. The molecule has 1 N–H and O–H groups in total. The number of alkyl carbamates (subject to hydrolysis) is 1. The van der Waals surface area contributed by atoms with E-state index >= 15 is 4.39 Å². The predicted octanol–water partition coefficient (Wildman–Crippen LogP) is 6.45. The maximum absolute atomic E-state index is 15.2. The van der Waals surface area contributed by atoms with Crippen molar-refractivity contribution in [2.24, 2.45) is 11.8 Å². The molecular formula is C32H28Cl2F2N4O3. The fourth-order valence-corrected chi connectivity index (χ4v) is 6.87. The molecule has 4 aromatic rings. The number of hydrogen-bond donors (Lipinski definition) is 1. The fourth-order valence-electron chi connectivity index (χ4n) is 6.49. The van der Waals surface area contributed by atoms with Crippen molar-refractivity contribution in [2.75, 3.05) is 24.5 Å². The summed E-state index contributed by atoms with van der Waals surface area (Å²) in [6, 6.07) is 19.2. The molecule has 2 heterocycles. The van der Waals surface area contributed by atoms with Crippen LogP contribution in [0.1, 0.15) is 23.4 Å². The third-order valence-corrected chi connectivity index (χ3v) is 9.37. The van der Waals surface area contributed by atoms with Crippen LogP contribution in [0.4, 0.5) is 19.4 Å². The molecule has 1 aliphatic carbocycles. The van der Waals surface area contributed by atoms with Gasteiger partial charge in [0, 0.05) is 31.1 Å². The van der Waals surface area contributed by atoms with E-state index in [1.54, 1.807) is 25.1 Å². The van der Waals surface area contributed by atoms with E-state index in [-0.39, 0.29) is 41.1 Å². The fraction of sp³-hybridized carbons (Fsp3) is 0.281. The summed E-state index contributed by atoms with van der Waals surface area (Å²) in [4.78, 5) is 32.6. The number of carbonyl (C=O) groups is 1. The van der Waals surface area contributed by atoms with Crippen molar-refractivity contribution in [1.29, 1.82) is 0 Å². The molecule has 3 atom stereocenters. The lowest BCUT2D eigenvalue weighted by Crippen LogP contribution is -2.36. The molecule has 0 spiro atoms. The maximum atomic E-state index is 15.2. The molecule has 0 unspecified atom stereocenters. The molecule has 2 fully saturated rings. The number of amides is 1. The van der Waals surface area contributed by atoms with Gasteiger partial charge in [-0.25, -0.2) is 18.6 Å². The van der Waals surface area contributed by atoms with Gasteiger partial charge in [-0.1, -0.05) is 59.6 Å². The lowest BCUT2D eigenvalue weighted by molar-refractivity contribution is 0.138. The van der Waals surface area contributed by atoms with Crippen molar-refractivity contribution in [1.82, 2.24) is 14.9 Å². The number of nitrogens with one attached hydrogen (secondary N) is 1. The van der Waals surface area contributed by atoms with Crippen molar-refractivity contribution < 1.29 is 18.3 Å². The Labute approximate surface area is 257 Å². The summed E-state index contributed by atoms with van der Waals surface area (Å²) in [5, 5.41) is 3.38. The highest BCUT2D eigenvalue weighted by molar-refractivity contribution is 6.43. The first-order valence-corrected chi connectivity index (χ1v) is 14.6. The van der Waals surface area contributed by atoms with Gasteiger partial charge in [-0.15, -0.1) is 0 Å². The molecule has 222 valence electrons. The van der Waals surface area contributed by atoms with Crippen molar-refractivity contribution in [2.45, 2.75) is 25.4 Å². The molecular weight excluding hydrogens is 597 g/mol. The summed E-state index contributed by atoms with van der Waals surface area (Å²) in [6.07, 6.45) is -0.00760. The van der Waals surface area contributed by atoms with Gasteiger partial charge in [-0.3, -0.25) is 9.36 Å². The minimum absolute atomic E-state index is 0.0128. The molecule has 11 heteroatoms. The number of aryl methyl sites for hydroxylation is 1. The first-order valence-electron chi connectivity index (χ1n) is 13.9. The molecule has 1 aliphatic heterocycles. The van der Waals surface area contributed by atoms with Gasteiger partial charge in [0.15, 0.2) is 0 Å². The van der Waals surface area contributed by atoms with E-state index < -0.39 is 23.1 Å². The van der Waals surface area contributed by atoms with Crippen molar-refractivity contribution in [3.05, 3.63) is 122 Å². The van der Waals surface area contributed by atoms with Gasteiger partial charge in [0.2, 0.25) is 0 Å². The van der Waals surface area contributed by atoms with Crippen LogP contribution in [0.3, 0.4) is 0 Å². The summed E-state index contributed by atoms with van der Waals surface area (Å²) in [5.74, 6) is -0.318. The van der Waals surface area contributed by atoms with Gasteiger partial charge in [-0.2, -0.15) is 0 Å². The molecule has 0 bridgehead atoms. The van der Waals surface area contributed by atoms with E-state index in [1.807, 2.05) is 35.2 Å². The summed E-state index contributed by atoms with van der Waals surface area (Å²) >= 11 is 12.5. The highest BCUT2D eigenvalue weighted by atomic mass is 35.5. The van der Waals surface area contributed by atoms with E-state index in [4.69, 9.17) is 32.9 Å². The molecule has 7 nitrogen and oxygen atoms in total. The Balaban J connectivity index is 1.24. The van der Waals surface area contributed by atoms with Crippen LogP contribution in [-0.4, -0.2) is 35.3 Å². The largest absolute Gasteiger partial charge is 0.445 e. The summed E-state index contributed by atoms with van der Waals surface area (Å²) in [6.45, 7) is 2.86. The lowest BCUT2D eigenvalue weighted by atomic mass is 9.90. The Kier molecular flexibility index (Phi) is 7.87. The van der Waals surface area contributed by atoms with E-state index in [0.717, 1.165) is 17.7 Å². The van der Waals surface area contributed by atoms with Gasteiger partial charge in [-0.05, 0) is 66.6 Å². The Morgan fingerprint density at radius 3 is 2.63 bits per heavy atom. The Morgan fingerprint density at radius 2 is 1.86 bits per heavy atom. The van der Waals surface area contributed by atoms with Crippen LogP contribution in [-0.2, 0) is 16.8 Å². The van der Waals surface area contributed by atoms with Crippen LogP contribution >= 0.6 is 23.2 Å². The molecule has 1 saturated heterocycles. The monoisotopic (exact) mass is 624 g/mol. The van der Waals surface area contributed by atoms with E-state index in [2.05, 4.69) is 5.32 Å². The summed E-state index contributed by atoms with van der Waals surface area (Å²) in [7, 11) is 0. The van der Waals surface area contributed by atoms with Gasteiger partial charge in [0.25, 0.3) is 5.56 Å². The van der Waals surface area contributed by atoms with Gasteiger partial charge in [0.1, 0.15) is 29.9 Å². The number of halogens is 4. The molecule has 1 saturated carbocycles. The smallest absolute Gasteiger partial charge is 0.407 e. The maximum Gasteiger partial charge on any atom is 0.407 e. The highest BCUT2D eigenvalue weighted by Crippen LogP contribution is 2.63. The van der Waals surface area contributed by atoms with Crippen molar-refractivity contribution >= 4 is 35.1 Å². The van der Waals surface area contributed by atoms with E-state index in [0.29, 0.717) is 41.9 Å². The van der Waals surface area contributed by atoms with Crippen LogP contribution in [0.15, 0.2) is 77.6 Å². The van der Waals surface area contributed by atoms with Crippen LogP contribution in [0, 0.1) is 30.4 Å². The quantitative estimate of drug-likeness (QED) is 0.256. The average molecular weight is 626 g/mol. The Bertz CT molecular complexity index is 1750. The van der Waals surface area contributed by atoms with Gasteiger partial charge in [0.05, 0.1) is 15.7 Å². The van der Waals surface area contributed by atoms with E-state index in [1.165, 1.54) is 16.7 Å². The Morgan fingerprint density at radius 1 is 1.07 bits per heavy atom. The number of rotatable bonds is 7. The number of benzene rings is 3. The lowest BCUT2D eigenvalue weighted by Gasteiger charge is -2.28. The normalized spacial score (nSPS) is 20.8.